The smallest absolute Gasteiger partial charge is 0.306 e. The second-order valence-electron chi connectivity index (χ2n) is 7.79. The number of amides is 1. The molecule has 0 aliphatic heterocycles. The van der Waals surface area contributed by atoms with Crippen LogP contribution in [0.15, 0.2) is 5.38 Å². The summed E-state index contributed by atoms with van der Waals surface area (Å²) >= 11 is 2.89. The van der Waals surface area contributed by atoms with Gasteiger partial charge in [0.05, 0.1) is 27.8 Å². The van der Waals surface area contributed by atoms with Crippen LogP contribution in [-0.2, 0) is 4.79 Å². The number of hydrogen-bond donors (Lipinski definition) is 2. The summed E-state index contributed by atoms with van der Waals surface area (Å²) in [5.74, 6) is -0.472. The maximum atomic E-state index is 12.4. The molecule has 166 valence electrons. The van der Waals surface area contributed by atoms with Crippen molar-refractivity contribution in [2.24, 2.45) is 5.92 Å². The summed E-state index contributed by atoms with van der Waals surface area (Å²) in [5.41, 5.74) is 1.69. The van der Waals surface area contributed by atoms with Gasteiger partial charge >= 0.3 is 6.18 Å². The Kier molecular flexibility index (Phi) is 7.86. The Morgan fingerprint density at radius 2 is 1.87 bits per heavy atom. The number of aromatic nitrogens is 2. The van der Waals surface area contributed by atoms with E-state index >= 15 is 0 Å². The van der Waals surface area contributed by atoms with Gasteiger partial charge in [0.15, 0.2) is 5.13 Å². The third-order valence-corrected chi connectivity index (χ3v) is 7.12. The lowest BCUT2D eigenvalue weighted by molar-refractivity contribution is -0.126. The summed E-state index contributed by atoms with van der Waals surface area (Å²) < 4.78 is 36.8. The molecule has 2 atom stereocenters. The molecule has 0 spiro atoms. The summed E-state index contributed by atoms with van der Waals surface area (Å²) in [5, 5.41) is 8.61. The predicted molar refractivity (Wildman–Crippen MR) is 115 cm³/mol. The fraction of sp³-hybridized carbons (Fsp3) is 0.650. The van der Waals surface area contributed by atoms with Crippen LogP contribution in [0.5, 0.6) is 0 Å². The van der Waals surface area contributed by atoms with Crippen molar-refractivity contribution < 1.29 is 18.0 Å². The van der Waals surface area contributed by atoms with Crippen LogP contribution in [0, 0.1) is 19.8 Å². The molecule has 2 aliphatic carbocycles. The van der Waals surface area contributed by atoms with Crippen molar-refractivity contribution in [2.45, 2.75) is 71.0 Å². The SMILES string of the molecule is C1CCC1.Cc1nc(C)c(-c2csc(NC(=O)C3CCC(NCC(F)(F)F)C3)n2)s1. The summed E-state index contributed by atoms with van der Waals surface area (Å²) in [6, 6.07) is -0.276. The fourth-order valence-electron chi connectivity index (χ4n) is 3.33. The lowest BCUT2D eigenvalue weighted by atomic mass is 10.0. The van der Waals surface area contributed by atoms with E-state index in [1.807, 2.05) is 19.2 Å². The highest BCUT2D eigenvalue weighted by Crippen LogP contribution is 2.33. The van der Waals surface area contributed by atoms with E-state index in [4.69, 9.17) is 0 Å². The summed E-state index contributed by atoms with van der Waals surface area (Å²) in [6.45, 7) is 2.83. The molecule has 5 nitrogen and oxygen atoms in total. The quantitative estimate of drug-likeness (QED) is 0.600. The van der Waals surface area contributed by atoms with Crippen molar-refractivity contribution in [3.63, 3.8) is 0 Å². The third-order valence-electron chi connectivity index (χ3n) is 5.27. The fourth-order valence-corrected chi connectivity index (χ4v) is 4.99. The van der Waals surface area contributed by atoms with Gasteiger partial charge in [-0.05, 0) is 33.1 Å². The van der Waals surface area contributed by atoms with Crippen molar-refractivity contribution in [3.05, 3.63) is 16.1 Å². The van der Waals surface area contributed by atoms with Gasteiger partial charge in [-0.15, -0.1) is 22.7 Å². The van der Waals surface area contributed by atoms with E-state index < -0.39 is 12.7 Å². The molecule has 2 aromatic rings. The second-order valence-corrected chi connectivity index (χ2v) is 9.85. The zero-order chi connectivity index (χ0) is 21.7. The van der Waals surface area contributed by atoms with Crippen molar-refractivity contribution in [2.75, 3.05) is 11.9 Å². The largest absolute Gasteiger partial charge is 0.401 e. The average molecular weight is 461 g/mol. The van der Waals surface area contributed by atoms with E-state index in [1.54, 1.807) is 11.3 Å². The summed E-state index contributed by atoms with van der Waals surface area (Å²) in [4.78, 5) is 22.2. The Bertz CT molecular complexity index is 841. The van der Waals surface area contributed by atoms with Crippen molar-refractivity contribution in [3.8, 4) is 10.6 Å². The highest BCUT2D eigenvalue weighted by atomic mass is 32.1. The minimum Gasteiger partial charge on any atom is -0.306 e. The zero-order valence-corrected chi connectivity index (χ0v) is 18.8. The number of carbonyl (C=O) groups excluding carboxylic acids is 1. The average Bonchev–Trinajstić information content (AvgIpc) is 3.31. The monoisotopic (exact) mass is 460 g/mol. The van der Waals surface area contributed by atoms with Gasteiger partial charge in [-0.3, -0.25) is 4.79 Å². The molecule has 2 saturated carbocycles. The molecule has 2 aliphatic rings. The number of rotatable bonds is 5. The lowest BCUT2D eigenvalue weighted by Gasteiger charge is -2.14. The normalized spacial score (nSPS) is 21.0. The molecule has 2 heterocycles. The Morgan fingerprint density at radius 1 is 1.17 bits per heavy atom. The summed E-state index contributed by atoms with van der Waals surface area (Å²) in [6.07, 6.45) is 3.32. The van der Waals surface area contributed by atoms with Gasteiger partial charge in [0.2, 0.25) is 5.91 Å². The van der Waals surface area contributed by atoms with E-state index in [-0.39, 0.29) is 17.9 Å². The van der Waals surface area contributed by atoms with E-state index in [0.717, 1.165) is 21.3 Å². The van der Waals surface area contributed by atoms with Gasteiger partial charge in [-0.2, -0.15) is 13.2 Å². The molecule has 1 amide bonds. The van der Waals surface area contributed by atoms with Crippen LogP contribution in [0.25, 0.3) is 10.6 Å². The van der Waals surface area contributed by atoms with Gasteiger partial charge in [0, 0.05) is 17.3 Å². The molecule has 10 heteroatoms. The van der Waals surface area contributed by atoms with Gasteiger partial charge in [-0.25, -0.2) is 9.97 Å². The third kappa shape index (κ3) is 6.75. The van der Waals surface area contributed by atoms with Gasteiger partial charge < -0.3 is 10.6 Å². The van der Waals surface area contributed by atoms with Crippen LogP contribution >= 0.6 is 22.7 Å². The lowest BCUT2D eigenvalue weighted by Crippen LogP contribution is -2.36. The maximum Gasteiger partial charge on any atom is 0.401 e. The number of nitrogens with zero attached hydrogens (tertiary/aromatic N) is 2. The van der Waals surface area contributed by atoms with E-state index in [2.05, 4.69) is 20.6 Å². The molecule has 4 rings (SSSR count). The van der Waals surface area contributed by atoms with E-state index in [9.17, 15) is 18.0 Å². The predicted octanol–water partition coefficient (Wildman–Crippen LogP) is 5.70. The Balaban J connectivity index is 0.000000572. The van der Waals surface area contributed by atoms with Gasteiger partial charge in [-0.1, -0.05) is 25.7 Å². The van der Waals surface area contributed by atoms with Crippen molar-refractivity contribution in [1.29, 1.82) is 0 Å². The number of alkyl halides is 3. The molecule has 0 saturated heterocycles. The molecule has 0 radical (unpaired) electrons. The minimum absolute atomic E-state index is 0.181. The molecular formula is C20H27F3N4OS2. The number of anilines is 1. The van der Waals surface area contributed by atoms with Crippen LogP contribution in [0.2, 0.25) is 0 Å². The van der Waals surface area contributed by atoms with Gasteiger partial charge in [0.1, 0.15) is 0 Å². The van der Waals surface area contributed by atoms with Crippen LogP contribution in [0.4, 0.5) is 18.3 Å². The van der Waals surface area contributed by atoms with Crippen LogP contribution in [0.1, 0.15) is 55.6 Å². The minimum atomic E-state index is -4.23. The Labute approximate surface area is 182 Å². The second kappa shape index (κ2) is 10.2. The number of halogens is 3. The van der Waals surface area contributed by atoms with Crippen LogP contribution < -0.4 is 10.6 Å². The highest BCUT2D eigenvalue weighted by molar-refractivity contribution is 7.16. The van der Waals surface area contributed by atoms with Crippen molar-refractivity contribution >= 4 is 33.7 Å². The molecule has 0 aromatic carbocycles. The first-order chi connectivity index (χ1) is 14.2. The topological polar surface area (TPSA) is 66.9 Å². The van der Waals surface area contributed by atoms with Crippen molar-refractivity contribution in [1.82, 2.24) is 15.3 Å². The zero-order valence-electron chi connectivity index (χ0n) is 17.1. The molecule has 2 aromatic heterocycles. The first-order valence-electron chi connectivity index (χ1n) is 10.2. The molecule has 2 N–H and O–H groups in total. The number of carbonyl (C=O) groups is 1. The summed E-state index contributed by atoms with van der Waals surface area (Å²) in [7, 11) is 0. The van der Waals surface area contributed by atoms with Gasteiger partial charge in [0.25, 0.3) is 0 Å². The Morgan fingerprint density at radius 3 is 2.43 bits per heavy atom. The number of aryl methyl sites for hydroxylation is 2. The van der Waals surface area contributed by atoms with Crippen LogP contribution in [0.3, 0.4) is 0 Å². The molecule has 30 heavy (non-hydrogen) atoms. The first kappa shape index (κ1) is 23.1. The number of thiazole rings is 2. The maximum absolute atomic E-state index is 12.4. The molecule has 0 bridgehead atoms. The van der Waals surface area contributed by atoms with Crippen LogP contribution in [-0.4, -0.2) is 34.6 Å². The molecule has 2 fully saturated rings. The Hall–Kier alpha value is -1.52. The standard InChI is InChI=1S/C16H19F3N4OS2.C4H8/c1-8-13(26-9(2)21-8)12-6-25-15(22-12)23-14(24)10-3-4-11(5-10)20-7-16(17,18)19;1-2-4-3-1/h6,10-11,20H,3-5,7H2,1-2H3,(H,22,23,24);1-4H2. The molecular weight excluding hydrogens is 433 g/mol. The van der Waals surface area contributed by atoms with E-state index in [0.29, 0.717) is 24.4 Å². The molecule has 2 unspecified atom stereocenters. The first-order valence-corrected chi connectivity index (χ1v) is 11.9. The number of nitrogens with one attached hydrogen (secondary N) is 2. The van der Waals surface area contributed by atoms with E-state index in [1.165, 1.54) is 37.0 Å². The highest BCUT2D eigenvalue weighted by Gasteiger charge is 2.33. The number of hydrogen-bond acceptors (Lipinski definition) is 6.